The molecule has 0 saturated carbocycles. The van der Waals surface area contributed by atoms with Crippen molar-refractivity contribution < 1.29 is 19.1 Å². The van der Waals surface area contributed by atoms with Gasteiger partial charge in [0.1, 0.15) is 13.2 Å². The number of nitrogens with one attached hydrogen (secondary N) is 1. The van der Waals surface area contributed by atoms with Crippen LogP contribution in [0.25, 0.3) is 0 Å². The second kappa shape index (κ2) is 8.24. The Kier molecular flexibility index (Phi) is 5.78. The molecule has 0 fully saturated rings. The van der Waals surface area contributed by atoms with Crippen molar-refractivity contribution in [3.63, 3.8) is 0 Å². The summed E-state index contributed by atoms with van der Waals surface area (Å²) < 4.78 is 5.20. The van der Waals surface area contributed by atoms with Crippen molar-refractivity contribution >= 4 is 17.9 Å². The van der Waals surface area contributed by atoms with Crippen LogP contribution in [0.3, 0.4) is 0 Å². The average Bonchev–Trinajstić information content (AvgIpc) is 3.06. The first-order chi connectivity index (χ1) is 13.1. The molecule has 7 nitrogen and oxygen atoms in total. The number of hydrogen-bond acceptors (Lipinski definition) is 4. The molecular formula is C20H25N3O4. The van der Waals surface area contributed by atoms with Gasteiger partial charge in [-0.25, -0.2) is 9.59 Å². The van der Waals surface area contributed by atoms with Crippen LogP contribution in [0.5, 0.6) is 0 Å². The van der Waals surface area contributed by atoms with E-state index in [1.165, 1.54) is 4.90 Å². The van der Waals surface area contributed by atoms with Crippen LogP contribution < -0.4 is 5.32 Å². The van der Waals surface area contributed by atoms with Gasteiger partial charge in [-0.3, -0.25) is 9.69 Å². The van der Waals surface area contributed by atoms with Gasteiger partial charge in [0.05, 0.1) is 17.3 Å². The summed E-state index contributed by atoms with van der Waals surface area (Å²) in [5.74, 6) is -0.575. The molecule has 0 aliphatic carbocycles. The number of urea groups is 1. The fraction of sp³-hybridized carbons (Fsp3) is 0.450. The number of rotatable bonds is 7. The predicted octanol–water partition coefficient (Wildman–Crippen LogP) is 2.21. The van der Waals surface area contributed by atoms with E-state index in [1.807, 2.05) is 44.2 Å². The zero-order valence-electron chi connectivity index (χ0n) is 15.7. The molecule has 0 radical (unpaired) electrons. The third kappa shape index (κ3) is 3.82. The van der Waals surface area contributed by atoms with Crippen LogP contribution in [0.1, 0.15) is 38.3 Å². The molecule has 7 heteroatoms. The monoisotopic (exact) mass is 371 g/mol. The predicted molar refractivity (Wildman–Crippen MR) is 99.6 cm³/mol. The molecular weight excluding hydrogens is 346 g/mol. The molecule has 27 heavy (non-hydrogen) atoms. The topological polar surface area (TPSA) is 79.0 Å². The van der Waals surface area contributed by atoms with Crippen LogP contribution in [0, 0.1) is 0 Å². The van der Waals surface area contributed by atoms with Gasteiger partial charge in [-0.1, -0.05) is 44.2 Å². The minimum Gasteiger partial charge on any atom is -0.456 e. The van der Waals surface area contributed by atoms with E-state index in [-0.39, 0.29) is 25.1 Å². The van der Waals surface area contributed by atoms with Crippen LogP contribution in [-0.2, 0) is 14.3 Å². The molecule has 1 aromatic carbocycles. The number of benzene rings is 1. The van der Waals surface area contributed by atoms with Gasteiger partial charge in [0, 0.05) is 13.1 Å². The maximum absolute atomic E-state index is 12.7. The summed E-state index contributed by atoms with van der Waals surface area (Å²) in [6.07, 6.45) is 1.70. The van der Waals surface area contributed by atoms with Gasteiger partial charge in [0.15, 0.2) is 0 Å². The Balaban J connectivity index is 1.88. The molecule has 0 bridgehead atoms. The molecule has 144 valence electrons. The number of amides is 3. The van der Waals surface area contributed by atoms with Crippen LogP contribution in [0.15, 0.2) is 41.6 Å². The van der Waals surface area contributed by atoms with E-state index in [2.05, 4.69) is 5.32 Å². The van der Waals surface area contributed by atoms with Crippen molar-refractivity contribution in [2.24, 2.45) is 0 Å². The van der Waals surface area contributed by atoms with Crippen LogP contribution in [-0.4, -0.2) is 53.9 Å². The molecule has 1 atom stereocenters. The van der Waals surface area contributed by atoms with Crippen molar-refractivity contribution in [2.45, 2.75) is 32.7 Å². The molecule has 2 aliphatic heterocycles. The normalized spacial score (nSPS) is 18.9. The quantitative estimate of drug-likeness (QED) is 0.746. The fourth-order valence-corrected chi connectivity index (χ4v) is 3.51. The first kappa shape index (κ1) is 18.9. The highest BCUT2D eigenvalue weighted by molar-refractivity contribution is 5.98. The fourth-order valence-electron chi connectivity index (χ4n) is 3.51. The molecule has 3 amide bonds. The van der Waals surface area contributed by atoms with Crippen LogP contribution >= 0.6 is 0 Å². The largest absolute Gasteiger partial charge is 0.456 e. The highest BCUT2D eigenvalue weighted by Crippen LogP contribution is 2.34. The number of esters is 1. The van der Waals surface area contributed by atoms with Gasteiger partial charge in [-0.05, 0) is 18.4 Å². The standard InChI is InChI=1S/C20H25N3O4/c1-3-10-22(11-4-2)16(24)12-23-15-13-27-19(25)17(15)18(21-20(23)26)14-8-6-5-7-9-14/h5-9,18H,3-4,10-13H2,1-2H3,(H,21,26)/t18-/m0/s1. The highest BCUT2D eigenvalue weighted by atomic mass is 16.5. The van der Waals surface area contributed by atoms with Crippen molar-refractivity contribution in [1.29, 1.82) is 0 Å². The van der Waals surface area contributed by atoms with Crippen LogP contribution in [0.2, 0.25) is 0 Å². The third-order valence-corrected chi connectivity index (χ3v) is 4.76. The summed E-state index contributed by atoms with van der Waals surface area (Å²) in [4.78, 5) is 40.9. The number of hydrogen-bond donors (Lipinski definition) is 1. The lowest BCUT2D eigenvalue weighted by molar-refractivity contribution is -0.136. The number of cyclic esters (lactones) is 1. The molecule has 0 spiro atoms. The molecule has 2 aliphatic rings. The van der Waals surface area contributed by atoms with E-state index in [0.29, 0.717) is 24.4 Å². The second-order valence-corrected chi connectivity index (χ2v) is 6.70. The minimum atomic E-state index is -0.558. The lowest BCUT2D eigenvalue weighted by atomic mass is 9.96. The van der Waals surface area contributed by atoms with Gasteiger partial charge in [-0.15, -0.1) is 0 Å². The Bertz CT molecular complexity index is 754. The van der Waals surface area contributed by atoms with E-state index in [9.17, 15) is 14.4 Å². The average molecular weight is 371 g/mol. The van der Waals surface area contributed by atoms with Gasteiger partial charge in [-0.2, -0.15) is 0 Å². The van der Waals surface area contributed by atoms with E-state index in [0.717, 1.165) is 18.4 Å². The van der Waals surface area contributed by atoms with E-state index in [4.69, 9.17) is 4.74 Å². The van der Waals surface area contributed by atoms with Gasteiger partial charge >= 0.3 is 12.0 Å². The van der Waals surface area contributed by atoms with Crippen molar-refractivity contribution in [3.8, 4) is 0 Å². The van der Waals surface area contributed by atoms with Crippen molar-refractivity contribution in [1.82, 2.24) is 15.1 Å². The first-order valence-corrected chi connectivity index (χ1v) is 9.37. The summed E-state index contributed by atoms with van der Waals surface area (Å²) in [5.41, 5.74) is 1.70. The molecule has 0 saturated heterocycles. The summed E-state index contributed by atoms with van der Waals surface area (Å²) in [7, 11) is 0. The minimum absolute atomic E-state index is 0.0136. The lowest BCUT2D eigenvalue weighted by Crippen LogP contribution is -2.51. The number of carbonyl (C=O) groups excluding carboxylic acids is 3. The first-order valence-electron chi connectivity index (χ1n) is 9.37. The summed E-state index contributed by atoms with van der Waals surface area (Å²) in [5, 5.41) is 2.85. The summed E-state index contributed by atoms with van der Waals surface area (Å²) >= 11 is 0. The van der Waals surface area contributed by atoms with E-state index >= 15 is 0 Å². The lowest BCUT2D eigenvalue weighted by Gasteiger charge is -2.33. The van der Waals surface area contributed by atoms with Gasteiger partial charge in [0.2, 0.25) is 5.91 Å². The SMILES string of the molecule is CCCN(CCC)C(=O)CN1C(=O)N[C@@H](c2ccccc2)C2=C1COC2=O. The third-order valence-electron chi connectivity index (χ3n) is 4.76. The summed E-state index contributed by atoms with van der Waals surface area (Å²) in [6.45, 7) is 5.24. The summed E-state index contributed by atoms with van der Waals surface area (Å²) in [6, 6.07) is 8.34. The Morgan fingerprint density at radius 1 is 1.19 bits per heavy atom. The number of carbonyl (C=O) groups is 3. The van der Waals surface area contributed by atoms with E-state index < -0.39 is 12.0 Å². The molecule has 0 aromatic heterocycles. The van der Waals surface area contributed by atoms with Crippen molar-refractivity contribution in [3.05, 3.63) is 47.2 Å². The van der Waals surface area contributed by atoms with E-state index in [1.54, 1.807) is 4.90 Å². The molecule has 0 unspecified atom stereocenters. The highest BCUT2D eigenvalue weighted by Gasteiger charge is 2.42. The Morgan fingerprint density at radius 3 is 2.48 bits per heavy atom. The molecule has 2 heterocycles. The Hall–Kier alpha value is -2.83. The maximum atomic E-state index is 12.7. The number of ether oxygens (including phenoxy) is 1. The number of nitrogens with zero attached hydrogens (tertiary/aromatic N) is 2. The van der Waals surface area contributed by atoms with Gasteiger partial charge in [0.25, 0.3) is 0 Å². The molecule has 1 N–H and O–H groups in total. The Labute approximate surface area is 159 Å². The Morgan fingerprint density at radius 2 is 1.85 bits per heavy atom. The zero-order chi connectivity index (χ0) is 19.4. The van der Waals surface area contributed by atoms with Crippen molar-refractivity contribution in [2.75, 3.05) is 26.2 Å². The van der Waals surface area contributed by atoms with Crippen LogP contribution in [0.4, 0.5) is 4.79 Å². The van der Waals surface area contributed by atoms with Gasteiger partial charge < -0.3 is 15.0 Å². The molecule has 1 aromatic rings. The smallest absolute Gasteiger partial charge is 0.338 e. The second-order valence-electron chi connectivity index (χ2n) is 6.70. The molecule has 3 rings (SSSR count). The maximum Gasteiger partial charge on any atom is 0.338 e. The zero-order valence-corrected chi connectivity index (χ0v) is 15.7.